The quantitative estimate of drug-likeness (QED) is 0.882. The summed E-state index contributed by atoms with van der Waals surface area (Å²) in [5, 5.41) is 10.4. The van der Waals surface area contributed by atoms with Crippen molar-refractivity contribution in [2.24, 2.45) is 0 Å². The second-order valence-electron chi connectivity index (χ2n) is 5.27. The van der Waals surface area contributed by atoms with Crippen LogP contribution in [0.3, 0.4) is 0 Å². The molecule has 2 aliphatic heterocycles. The lowest BCUT2D eigenvalue weighted by Gasteiger charge is -2.37. The summed E-state index contributed by atoms with van der Waals surface area (Å²) in [5.41, 5.74) is 0.752. The van der Waals surface area contributed by atoms with E-state index in [9.17, 15) is 5.11 Å². The third kappa shape index (κ3) is 2.59. The molecule has 3 atom stereocenters. The van der Waals surface area contributed by atoms with E-state index in [1.54, 1.807) is 19.5 Å². The standard InChI is InChI=1S/C14H20N2O3/c1-18-12-5-10(6-15-7-12)14(17)13-8-16-4-2-3-11(16)9-19-13/h5-7,11,13-14,17H,2-4,8-9H2,1H3. The van der Waals surface area contributed by atoms with Gasteiger partial charge in [-0.2, -0.15) is 0 Å². The van der Waals surface area contributed by atoms with Crippen LogP contribution < -0.4 is 4.74 Å². The molecule has 1 N–H and O–H groups in total. The highest BCUT2D eigenvalue weighted by Crippen LogP contribution is 2.29. The fraction of sp³-hybridized carbons (Fsp3) is 0.643. The number of aliphatic hydroxyl groups is 1. The number of ether oxygens (including phenoxy) is 2. The van der Waals surface area contributed by atoms with Crippen LogP contribution in [-0.4, -0.2) is 53.9 Å². The van der Waals surface area contributed by atoms with E-state index < -0.39 is 6.10 Å². The second-order valence-corrected chi connectivity index (χ2v) is 5.27. The molecule has 1 aromatic rings. The van der Waals surface area contributed by atoms with Crippen LogP contribution in [0.1, 0.15) is 24.5 Å². The van der Waals surface area contributed by atoms with Gasteiger partial charge in [0.15, 0.2) is 0 Å². The van der Waals surface area contributed by atoms with Crippen LogP contribution in [0.25, 0.3) is 0 Å². The molecule has 3 heterocycles. The highest BCUT2D eigenvalue weighted by molar-refractivity contribution is 5.25. The van der Waals surface area contributed by atoms with Crippen LogP contribution in [0.15, 0.2) is 18.5 Å². The summed E-state index contributed by atoms with van der Waals surface area (Å²) in [4.78, 5) is 6.51. The Balaban J connectivity index is 1.70. The predicted octanol–water partition coefficient (Wildman–Crippen LogP) is 0.987. The first-order valence-electron chi connectivity index (χ1n) is 6.80. The topological polar surface area (TPSA) is 54.8 Å². The van der Waals surface area contributed by atoms with E-state index in [0.29, 0.717) is 11.8 Å². The molecule has 104 valence electrons. The van der Waals surface area contributed by atoms with E-state index in [-0.39, 0.29) is 6.10 Å². The number of aliphatic hydroxyl groups excluding tert-OH is 1. The molecule has 0 aromatic carbocycles. The normalized spacial score (nSPS) is 28.9. The van der Waals surface area contributed by atoms with E-state index in [2.05, 4.69) is 9.88 Å². The van der Waals surface area contributed by atoms with Gasteiger partial charge >= 0.3 is 0 Å². The minimum Gasteiger partial charge on any atom is -0.495 e. The van der Waals surface area contributed by atoms with Crippen LogP contribution in [0.2, 0.25) is 0 Å². The van der Waals surface area contributed by atoms with Gasteiger partial charge < -0.3 is 14.6 Å². The third-order valence-electron chi connectivity index (χ3n) is 4.08. The van der Waals surface area contributed by atoms with E-state index in [0.717, 1.165) is 25.3 Å². The lowest BCUT2D eigenvalue weighted by molar-refractivity contribution is -0.103. The molecular formula is C14H20N2O3. The maximum Gasteiger partial charge on any atom is 0.137 e. The number of nitrogens with zero attached hydrogens (tertiary/aromatic N) is 2. The summed E-state index contributed by atoms with van der Waals surface area (Å²) in [6, 6.07) is 2.36. The Morgan fingerprint density at radius 2 is 2.42 bits per heavy atom. The zero-order chi connectivity index (χ0) is 13.2. The molecule has 2 saturated heterocycles. The number of hydrogen-bond acceptors (Lipinski definition) is 5. The Morgan fingerprint density at radius 3 is 3.26 bits per heavy atom. The molecule has 0 spiro atoms. The van der Waals surface area contributed by atoms with Gasteiger partial charge in [0.25, 0.3) is 0 Å². The van der Waals surface area contributed by atoms with Crippen LogP contribution in [0, 0.1) is 0 Å². The van der Waals surface area contributed by atoms with E-state index >= 15 is 0 Å². The molecule has 19 heavy (non-hydrogen) atoms. The fourth-order valence-electron chi connectivity index (χ4n) is 2.96. The molecule has 3 unspecified atom stereocenters. The van der Waals surface area contributed by atoms with Crippen LogP contribution in [-0.2, 0) is 4.74 Å². The molecule has 0 aliphatic carbocycles. The molecule has 0 bridgehead atoms. The van der Waals surface area contributed by atoms with Crippen molar-refractivity contribution in [1.29, 1.82) is 0 Å². The summed E-state index contributed by atoms with van der Waals surface area (Å²) in [7, 11) is 1.60. The van der Waals surface area contributed by atoms with Crippen molar-refractivity contribution < 1.29 is 14.6 Å². The van der Waals surface area contributed by atoms with Crippen molar-refractivity contribution in [2.45, 2.75) is 31.1 Å². The highest BCUT2D eigenvalue weighted by Gasteiger charge is 2.35. The minimum absolute atomic E-state index is 0.178. The first kappa shape index (κ1) is 12.8. The van der Waals surface area contributed by atoms with Gasteiger partial charge in [-0.25, -0.2) is 0 Å². The van der Waals surface area contributed by atoms with Gasteiger partial charge in [-0.15, -0.1) is 0 Å². The SMILES string of the molecule is COc1cncc(C(O)C2CN3CCCC3CO2)c1. The fourth-order valence-corrected chi connectivity index (χ4v) is 2.96. The predicted molar refractivity (Wildman–Crippen MR) is 70.1 cm³/mol. The number of pyridine rings is 1. The van der Waals surface area contributed by atoms with Crippen molar-refractivity contribution in [3.05, 3.63) is 24.0 Å². The minimum atomic E-state index is -0.649. The number of aromatic nitrogens is 1. The molecule has 5 nitrogen and oxygen atoms in total. The van der Waals surface area contributed by atoms with Crippen LogP contribution in [0.4, 0.5) is 0 Å². The summed E-state index contributed by atoms with van der Waals surface area (Å²) >= 11 is 0. The summed E-state index contributed by atoms with van der Waals surface area (Å²) in [5.74, 6) is 0.659. The molecule has 0 saturated carbocycles. The lowest BCUT2D eigenvalue weighted by atomic mass is 10.0. The van der Waals surface area contributed by atoms with Crippen molar-refractivity contribution in [3.8, 4) is 5.75 Å². The average Bonchev–Trinajstić information content (AvgIpc) is 2.94. The first-order valence-corrected chi connectivity index (χ1v) is 6.80. The molecule has 3 rings (SSSR count). The first-order chi connectivity index (χ1) is 9.28. The number of rotatable bonds is 3. The highest BCUT2D eigenvalue weighted by atomic mass is 16.5. The van der Waals surface area contributed by atoms with E-state index in [1.165, 1.54) is 12.8 Å². The van der Waals surface area contributed by atoms with Crippen LogP contribution >= 0.6 is 0 Å². The maximum atomic E-state index is 10.4. The van der Waals surface area contributed by atoms with Gasteiger partial charge in [-0.05, 0) is 25.5 Å². The molecule has 0 amide bonds. The molecular weight excluding hydrogens is 244 g/mol. The maximum absolute atomic E-state index is 10.4. The largest absolute Gasteiger partial charge is 0.495 e. The van der Waals surface area contributed by atoms with Gasteiger partial charge in [-0.3, -0.25) is 9.88 Å². The molecule has 1 aromatic heterocycles. The molecule has 2 fully saturated rings. The Bertz CT molecular complexity index is 440. The van der Waals surface area contributed by atoms with E-state index in [4.69, 9.17) is 9.47 Å². The average molecular weight is 264 g/mol. The Morgan fingerprint density at radius 1 is 1.53 bits per heavy atom. The summed E-state index contributed by atoms with van der Waals surface area (Å²) in [6.07, 6.45) is 4.93. The monoisotopic (exact) mass is 264 g/mol. The van der Waals surface area contributed by atoms with Gasteiger partial charge in [0.1, 0.15) is 18.0 Å². The van der Waals surface area contributed by atoms with Gasteiger partial charge in [0.2, 0.25) is 0 Å². The molecule has 0 radical (unpaired) electrons. The van der Waals surface area contributed by atoms with Gasteiger partial charge in [0, 0.05) is 24.3 Å². The van der Waals surface area contributed by atoms with Crippen molar-refractivity contribution in [1.82, 2.24) is 9.88 Å². The van der Waals surface area contributed by atoms with Crippen molar-refractivity contribution in [2.75, 3.05) is 26.8 Å². The summed E-state index contributed by atoms with van der Waals surface area (Å²) in [6.45, 7) is 2.63. The number of morpholine rings is 1. The van der Waals surface area contributed by atoms with Crippen molar-refractivity contribution >= 4 is 0 Å². The smallest absolute Gasteiger partial charge is 0.137 e. The lowest BCUT2D eigenvalue weighted by Crippen LogP contribution is -2.48. The number of fused-ring (bicyclic) bond motifs is 1. The van der Waals surface area contributed by atoms with E-state index in [1.807, 2.05) is 6.07 Å². The Hall–Kier alpha value is -1.17. The molecule has 2 aliphatic rings. The zero-order valence-corrected chi connectivity index (χ0v) is 11.2. The Labute approximate surface area is 113 Å². The van der Waals surface area contributed by atoms with Gasteiger partial charge in [-0.1, -0.05) is 0 Å². The molecule has 5 heteroatoms. The second kappa shape index (κ2) is 5.45. The number of hydrogen-bond donors (Lipinski definition) is 1. The van der Waals surface area contributed by atoms with Crippen LogP contribution in [0.5, 0.6) is 5.75 Å². The number of methoxy groups -OCH3 is 1. The zero-order valence-electron chi connectivity index (χ0n) is 11.2. The third-order valence-corrected chi connectivity index (χ3v) is 4.08. The Kier molecular flexibility index (Phi) is 3.68. The van der Waals surface area contributed by atoms with Gasteiger partial charge in [0.05, 0.1) is 19.9 Å². The van der Waals surface area contributed by atoms with Crippen molar-refractivity contribution in [3.63, 3.8) is 0 Å². The summed E-state index contributed by atoms with van der Waals surface area (Å²) < 4.78 is 11.0.